The molecule has 1 rings (SSSR count). The average Bonchev–Trinajstić information content (AvgIpc) is 2.26. The molecular weight excluding hydrogens is 320 g/mol. The maximum absolute atomic E-state index is 11.0. The molecule has 98 valence electrons. The second-order valence-corrected chi connectivity index (χ2v) is 6.36. The minimum Gasteiger partial charge on any atom is -0.481 e. The van der Waals surface area contributed by atoms with Gasteiger partial charge in [0, 0.05) is 15.1 Å². The topological polar surface area (TPSA) is 74.6 Å². The molecule has 0 aliphatic rings. The number of halogens is 1. The number of carbonyl (C=O) groups is 2. The Morgan fingerprint density at radius 2 is 1.94 bits per heavy atom. The number of thioether (sulfide) groups is 1. The van der Waals surface area contributed by atoms with Gasteiger partial charge in [0.2, 0.25) is 0 Å². The van der Waals surface area contributed by atoms with Crippen LogP contribution in [0.3, 0.4) is 0 Å². The van der Waals surface area contributed by atoms with Gasteiger partial charge in [-0.2, -0.15) is 0 Å². The van der Waals surface area contributed by atoms with Crippen LogP contribution in [-0.2, 0) is 4.79 Å². The van der Waals surface area contributed by atoms with E-state index in [1.165, 1.54) is 17.8 Å². The van der Waals surface area contributed by atoms with E-state index in [0.29, 0.717) is 10.6 Å². The van der Waals surface area contributed by atoms with Crippen molar-refractivity contribution in [3.8, 4) is 0 Å². The van der Waals surface area contributed by atoms with E-state index in [-0.39, 0.29) is 5.56 Å². The third-order valence-corrected chi connectivity index (χ3v) is 4.35. The Balaban J connectivity index is 2.94. The monoisotopic (exact) mass is 332 g/mol. The molecule has 0 heterocycles. The molecule has 0 fully saturated rings. The number of hydrogen-bond acceptors (Lipinski definition) is 3. The predicted molar refractivity (Wildman–Crippen MR) is 73.2 cm³/mol. The first-order chi connectivity index (χ1) is 8.24. The highest BCUT2D eigenvalue weighted by Crippen LogP contribution is 2.32. The van der Waals surface area contributed by atoms with E-state index in [9.17, 15) is 9.59 Å². The lowest BCUT2D eigenvalue weighted by Gasteiger charge is -2.18. The van der Waals surface area contributed by atoms with Gasteiger partial charge in [-0.1, -0.05) is 15.9 Å². The standard InChI is InChI=1S/C12H13BrO4S/c1-12(2,11(16)17)6-18-9-5-7(13)3-4-8(9)10(14)15/h3-5H,6H2,1-2H3,(H,14,15)(H,16,17). The summed E-state index contributed by atoms with van der Waals surface area (Å²) in [5, 5.41) is 18.1. The Hall–Kier alpha value is -1.01. The van der Waals surface area contributed by atoms with Gasteiger partial charge in [0.05, 0.1) is 11.0 Å². The summed E-state index contributed by atoms with van der Waals surface area (Å²) < 4.78 is 0.767. The highest BCUT2D eigenvalue weighted by molar-refractivity contribution is 9.10. The molecule has 0 aliphatic carbocycles. The van der Waals surface area contributed by atoms with E-state index < -0.39 is 17.4 Å². The SMILES string of the molecule is CC(C)(CSc1cc(Br)ccc1C(=O)O)C(=O)O. The van der Waals surface area contributed by atoms with Crippen LogP contribution in [0.1, 0.15) is 24.2 Å². The van der Waals surface area contributed by atoms with Crippen molar-refractivity contribution in [2.24, 2.45) is 5.41 Å². The number of benzene rings is 1. The zero-order chi connectivity index (χ0) is 13.9. The first-order valence-electron chi connectivity index (χ1n) is 5.13. The van der Waals surface area contributed by atoms with Gasteiger partial charge < -0.3 is 10.2 Å². The van der Waals surface area contributed by atoms with Crippen molar-refractivity contribution in [3.63, 3.8) is 0 Å². The predicted octanol–water partition coefficient (Wildman–Crippen LogP) is 3.35. The van der Waals surface area contributed by atoms with Crippen LogP contribution < -0.4 is 0 Å². The van der Waals surface area contributed by atoms with Crippen LogP contribution in [0.4, 0.5) is 0 Å². The van der Waals surface area contributed by atoms with Crippen molar-refractivity contribution in [2.75, 3.05) is 5.75 Å². The third kappa shape index (κ3) is 3.74. The van der Waals surface area contributed by atoms with Crippen molar-refractivity contribution in [1.82, 2.24) is 0 Å². The van der Waals surface area contributed by atoms with Gasteiger partial charge in [0.15, 0.2) is 0 Å². The number of rotatable bonds is 5. The molecule has 0 aromatic heterocycles. The summed E-state index contributed by atoms with van der Waals surface area (Å²) >= 11 is 4.51. The first kappa shape index (κ1) is 15.0. The fourth-order valence-corrected chi connectivity index (χ4v) is 2.79. The molecule has 1 aromatic rings. The molecule has 0 radical (unpaired) electrons. The maximum Gasteiger partial charge on any atom is 0.336 e. The van der Waals surface area contributed by atoms with Crippen molar-refractivity contribution in [3.05, 3.63) is 28.2 Å². The molecule has 0 saturated carbocycles. The zero-order valence-electron chi connectivity index (χ0n) is 9.94. The lowest BCUT2D eigenvalue weighted by atomic mass is 9.97. The largest absolute Gasteiger partial charge is 0.481 e. The van der Waals surface area contributed by atoms with E-state index in [0.717, 1.165) is 4.47 Å². The number of aromatic carboxylic acids is 1. The Morgan fingerprint density at radius 1 is 1.33 bits per heavy atom. The van der Waals surface area contributed by atoms with Crippen LogP contribution >= 0.6 is 27.7 Å². The number of hydrogen-bond donors (Lipinski definition) is 2. The maximum atomic E-state index is 11.0. The van der Waals surface area contributed by atoms with E-state index >= 15 is 0 Å². The van der Waals surface area contributed by atoms with E-state index in [1.54, 1.807) is 26.0 Å². The summed E-state index contributed by atoms with van der Waals surface area (Å²) in [7, 11) is 0. The van der Waals surface area contributed by atoms with Gasteiger partial charge in [-0.3, -0.25) is 4.79 Å². The van der Waals surface area contributed by atoms with Gasteiger partial charge in [-0.15, -0.1) is 11.8 Å². The highest BCUT2D eigenvalue weighted by atomic mass is 79.9. The molecule has 1 aromatic carbocycles. The summed E-state index contributed by atoms with van der Waals surface area (Å²) in [5.41, 5.74) is -0.715. The molecule has 0 saturated heterocycles. The molecule has 0 aliphatic heterocycles. The second kappa shape index (κ2) is 5.75. The van der Waals surface area contributed by atoms with Crippen molar-refractivity contribution in [2.45, 2.75) is 18.7 Å². The van der Waals surface area contributed by atoms with E-state index in [2.05, 4.69) is 15.9 Å². The molecule has 0 atom stereocenters. The quantitative estimate of drug-likeness (QED) is 0.809. The lowest BCUT2D eigenvalue weighted by molar-refractivity contribution is -0.145. The summed E-state index contributed by atoms with van der Waals surface area (Å²) in [6.45, 7) is 3.22. The van der Waals surface area contributed by atoms with Crippen molar-refractivity contribution in [1.29, 1.82) is 0 Å². The lowest BCUT2D eigenvalue weighted by Crippen LogP contribution is -2.26. The highest BCUT2D eigenvalue weighted by Gasteiger charge is 2.27. The molecule has 6 heteroatoms. The minimum absolute atomic E-state index is 0.185. The molecule has 0 amide bonds. The minimum atomic E-state index is -1.02. The van der Waals surface area contributed by atoms with Gasteiger partial charge in [-0.25, -0.2) is 4.79 Å². The Bertz CT molecular complexity index is 485. The molecule has 0 bridgehead atoms. The van der Waals surface area contributed by atoms with E-state index in [1.807, 2.05) is 0 Å². The molecule has 2 N–H and O–H groups in total. The zero-order valence-corrected chi connectivity index (χ0v) is 12.3. The first-order valence-corrected chi connectivity index (χ1v) is 6.91. The van der Waals surface area contributed by atoms with Crippen LogP contribution in [0.25, 0.3) is 0 Å². The number of carboxylic acids is 2. The third-order valence-electron chi connectivity index (χ3n) is 2.34. The second-order valence-electron chi connectivity index (χ2n) is 4.42. The summed E-state index contributed by atoms with van der Waals surface area (Å²) in [5.74, 6) is -1.61. The van der Waals surface area contributed by atoms with Crippen molar-refractivity contribution < 1.29 is 19.8 Å². The van der Waals surface area contributed by atoms with Crippen LogP contribution in [-0.4, -0.2) is 27.9 Å². The van der Waals surface area contributed by atoms with Gasteiger partial charge in [0.25, 0.3) is 0 Å². The number of carboxylic acid groups (broad SMARTS) is 2. The average molecular weight is 333 g/mol. The molecule has 18 heavy (non-hydrogen) atoms. The normalized spacial score (nSPS) is 11.3. The van der Waals surface area contributed by atoms with Crippen LogP contribution in [0.2, 0.25) is 0 Å². The summed E-state index contributed by atoms with van der Waals surface area (Å²) in [6.07, 6.45) is 0. The Labute approximate surface area is 118 Å². The van der Waals surface area contributed by atoms with Gasteiger partial charge in [0.1, 0.15) is 0 Å². The van der Waals surface area contributed by atoms with Crippen molar-refractivity contribution >= 4 is 39.6 Å². The van der Waals surface area contributed by atoms with Crippen LogP contribution in [0, 0.1) is 5.41 Å². The molecule has 0 unspecified atom stereocenters. The fourth-order valence-electron chi connectivity index (χ4n) is 1.11. The summed E-state index contributed by atoms with van der Waals surface area (Å²) in [4.78, 5) is 22.6. The molecular formula is C12H13BrO4S. The smallest absolute Gasteiger partial charge is 0.336 e. The molecule has 0 spiro atoms. The fraction of sp³-hybridized carbons (Fsp3) is 0.333. The Morgan fingerprint density at radius 3 is 2.44 bits per heavy atom. The van der Waals surface area contributed by atoms with Gasteiger partial charge in [-0.05, 0) is 32.0 Å². The number of aliphatic carboxylic acids is 1. The summed E-state index contributed by atoms with van der Waals surface area (Å²) in [6, 6.07) is 4.84. The van der Waals surface area contributed by atoms with Gasteiger partial charge >= 0.3 is 11.9 Å². The Kier molecular flexibility index (Phi) is 4.81. The van der Waals surface area contributed by atoms with E-state index in [4.69, 9.17) is 10.2 Å². The molecule has 4 nitrogen and oxygen atoms in total. The van der Waals surface area contributed by atoms with Crippen LogP contribution in [0.15, 0.2) is 27.6 Å². The van der Waals surface area contributed by atoms with Crippen LogP contribution in [0.5, 0.6) is 0 Å².